The minimum Gasteiger partial charge on any atom is -0.382 e. The van der Waals surface area contributed by atoms with E-state index >= 15 is 0 Å². The van der Waals surface area contributed by atoms with Crippen molar-refractivity contribution in [3.05, 3.63) is 65.8 Å². The molecule has 0 radical (unpaired) electrons. The maximum atomic E-state index is 11.1. The molecule has 0 amide bonds. The molecule has 4 aromatic rings. The number of anilines is 1. The van der Waals surface area contributed by atoms with Crippen LogP contribution in [0.4, 0.5) is 5.82 Å². The van der Waals surface area contributed by atoms with Crippen LogP contribution in [0.3, 0.4) is 0 Å². The number of pyridine rings is 1. The van der Waals surface area contributed by atoms with Gasteiger partial charge in [0, 0.05) is 38.0 Å². The molecule has 1 aromatic carbocycles. The predicted octanol–water partition coefficient (Wildman–Crippen LogP) is 3.18. The highest BCUT2D eigenvalue weighted by Crippen LogP contribution is 2.36. The fourth-order valence-electron chi connectivity index (χ4n) is 3.92. The summed E-state index contributed by atoms with van der Waals surface area (Å²) in [5, 5.41) is 11.6. The second kappa shape index (κ2) is 6.79. The van der Waals surface area contributed by atoms with Gasteiger partial charge in [0.05, 0.1) is 28.3 Å². The molecular formula is C21H19ClN6O. The van der Waals surface area contributed by atoms with Gasteiger partial charge >= 0.3 is 0 Å². The first-order valence-corrected chi connectivity index (χ1v) is 9.74. The Morgan fingerprint density at radius 1 is 1.17 bits per heavy atom. The van der Waals surface area contributed by atoms with Crippen molar-refractivity contribution in [1.29, 1.82) is 0 Å². The molecule has 3 aromatic heterocycles. The average molecular weight is 407 g/mol. The number of hydrogen-bond acceptors (Lipinski definition) is 6. The van der Waals surface area contributed by atoms with Crippen LogP contribution in [0.15, 0.2) is 55.1 Å². The molecule has 0 spiro atoms. The SMILES string of the molecule is Cn1c(-c2cc(N3CCC(O)(c4ccncn4)C3)ncc2Cl)nc2ccccc21. The van der Waals surface area contributed by atoms with Crippen LogP contribution in [0.1, 0.15) is 12.1 Å². The lowest BCUT2D eigenvalue weighted by atomic mass is 9.99. The van der Waals surface area contributed by atoms with Gasteiger partial charge in [-0.15, -0.1) is 0 Å². The van der Waals surface area contributed by atoms with E-state index in [0.29, 0.717) is 30.2 Å². The lowest BCUT2D eigenvalue weighted by Crippen LogP contribution is -2.32. The molecule has 0 bridgehead atoms. The molecule has 1 N–H and O–H groups in total. The quantitative estimate of drug-likeness (QED) is 0.563. The van der Waals surface area contributed by atoms with Gasteiger partial charge in [-0.25, -0.2) is 19.9 Å². The summed E-state index contributed by atoms with van der Waals surface area (Å²) < 4.78 is 2.03. The zero-order chi connectivity index (χ0) is 20.0. The van der Waals surface area contributed by atoms with Crippen molar-refractivity contribution in [2.24, 2.45) is 7.05 Å². The van der Waals surface area contributed by atoms with Crippen molar-refractivity contribution in [3.8, 4) is 11.4 Å². The lowest BCUT2D eigenvalue weighted by Gasteiger charge is -2.23. The second-order valence-electron chi connectivity index (χ2n) is 7.30. The predicted molar refractivity (Wildman–Crippen MR) is 112 cm³/mol. The van der Waals surface area contributed by atoms with Gasteiger partial charge in [0.25, 0.3) is 0 Å². The van der Waals surface area contributed by atoms with E-state index in [1.165, 1.54) is 6.33 Å². The minimum atomic E-state index is -1.03. The Labute approximate surface area is 172 Å². The molecule has 1 unspecified atom stereocenters. The summed E-state index contributed by atoms with van der Waals surface area (Å²) in [4.78, 5) is 19.5. The molecule has 29 heavy (non-hydrogen) atoms. The monoisotopic (exact) mass is 406 g/mol. The Bertz CT molecular complexity index is 1190. The highest BCUT2D eigenvalue weighted by atomic mass is 35.5. The first-order valence-electron chi connectivity index (χ1n) is 9.36. The van der Waals surface area contributed by atoms with Crippen molar-refractivity contribution < 1.29 is 5.11 Å². The normalized spacial score (nSPS) is 19.2. The fraction of sp³-hybridized carbons (Fsp3) is 0.238. The van der Waals surface area contributed by atoms with Crippen LogP contribution in [0.25, 0.3) is 22.4 Å². The third-order valence-electron chi connectivity index (χ3n) is 5.50. The number of para-hydroxylation sites is 2. The van der Waals surface area contributed by atoms with E-state index in [1.807, 2.05) is 46.8 Å². The first kappa shape index (κ1) is 18.0. The van der Waals surface area contributed by atoms with E-state index < -0.39 is 5.60 Å². The Hall–Kier alpha value is -3.03. The maximum absolute atomic E-state index is 11.1. The second-order valence-corrected chi connectivity index (χ2v) is 7.71. The number of fused-ring (bicyclic) bond motifs is 1. The van der Waals surface area contributed by atoms with Crippen LogP contribution in [0.5, 0.6) is 0 Å². The topological polar surface area (TPSA) is 80.0 Å². The van der Waals surface area contributed by atoms with Crippen molar-refractivity contribution in [2.75, 3.05) is 18.0 Å². The smallest absolute Gasteiger partial charge is 0.142 e. The van der Waals surface area contributed by atoms with E-state index in [2.05, 4.69) is 15.0 Å². The molecule has 1 aliphatic heterocycles. The Morgan fingerprint density at radius 3 is 2.83 bits per heavy atom. The van der Waals surface area contributed by atoms with Crippen molar-refractivity contribution in [2.45, 2.75) is 12.0 Å². The van der Waals surface area contributed by atoms with Gasteiger partial charge < -0.3 is 14.6 Å². The number of imidazole rings is 1. The van der Waals surface area contributed by atoms with Gasteiger partial charge in [-0.05, 0) is 24.3 Å². The van der Waals surface area contributed by atoms with E-state index in [4.69, 9.17) is 16.6 Å². The van der Waals surface area contributed by atoms with Crippen molar-refractivity contribution in [1.82, 2.24) is 24.5 Å². The van der Waals surface area contributed by atoms with E-state index in [-0.39, 0.29) is 0 Å². The number of halogens is 1. The van der Waals surface area contributed by atoms with Crippen LogP contribution in [-0.4, -0.2) is 42.7 Å². The molecule has 5 rings (SSSR count). The summed E-state index contributed by atoms with van der Waals surface area (Å²) >= 11 is 6.49. The Balaban J connectivity index is 1.51. The van der Waals surface area contributed by atoms with Crippen LogP contribution in [0, 0.1) is 0 Å². The summed E-state index contributed by atoms with van der Waals surface area (Å²) in [7, 11) is 1.98. The molecular weight excluding hydrogens is 388 g/mol. The molecule has 1 saturated heterocycles. The molecule has 4 heterocycles. The highest BCUT2D eigenvalue weighted by molar-refractivity contribution is 6.33. The maximum Gasteiger partial charge on any atom is 0.142 e. The van der Waals surface area contributed by atoms with E-state index in [0.717, 1.165) is 28.2 Å². The van der Waals surface area contributed by atoms with Gasteiger partial charge in [0.1, 0.15) is 23.6 Å². The molecule has 8 heteroatoms. The van der Waals surface area contributed by atoms with Crippen LogP contribution < -0.4 is 4.90 Å². The third-order valence-corrected chi connectivity index (χ3v) is 5.80. The number of benzene rings is 1. The van der Waals surface area contributed by atoms with Gasteiger partial charge in [-0.2, -0.15) is 0 Å². The molecule has 0 saturated carbocycles. The summed E-state index contributed by atoms with van der Waals surface area (Å²) in [5.41, 5.74) is 2.37. The van der Waals surface area contributed by atoms with Gasteiger partial charge in [0.15, 0.2) is 0 Å². The fourth-order valence-corrected chi connectivity index (χ4v) is 4.11. The average Bonchev–Trinajstić information content (AvgIpc) is 3.31. The van der Waals surface area contributed by atoms with Gasteiger partial charge in [-0.3, -0.25) is 0 Å². The summed E-state index contributed by atoms with van der Waals surface area (Å²) in [5.74, 6) is 1.53. The van der Waals surface area contributed by atoms with Crippen LogP contribution in [-0.2, 0) is 12.6 Å². The molecule has 7 nitrogen and oxygen atoms in total. The van der Waals surface area contributed by atoms with E-state index in [1.54, 1.807) is 18.5 Å². The lowest BCUT2D eigenvalue weighted by molar-refractivity contribution is 0.0558. The third kappa shape index (κ3) is 3.03. The van der Waals surface area contributed by atoms with Crippen molar-refractivity contribution >= 4 is 28.5 Å². The number of aliphatic hydroxyl groups is 1. The number of rotatable bonds is 3. The number of hydrogen-bond donors (Lipinski definition) is 1. The number of nitrogens with zero attached hydrogens (tertiary/aromatic N) is 6. The highest BCUT2D eigenvalue weighted by Gasteiger charge is 2.39. The molecule has 1 fully saturated rings. The van der Waals surface area contributed by atoms with Gasteiger partial charge in [-0.1, -0.05) is 23.7 Å². The molecule has 0 aliphatic carbocycles. The van der Waals surface area contributed by atoms with Crippen molar-refractivity contribution in [3.63, 3.8) is 0 Å². The summed E-state index contributed by atoms with van der Waals surface area (Å²) in [6.07, 6.45) is 5.32. The van der Waals surface area contributed by atoms with Crippen LogP contribution in [0.2, 0.25) is 5.02 Å². The zero-order valence-electron chi connectivity index (χ0n) is 15.8. The summed E-state index contributed by atoms with van der Waals surface area (Å²) in [6.45, 7) is 1.07. The van der Waals surface area contributed by atoms with Crippen LogP contribution >= 0.6 is 11.6 Å². The number of aryl methyl sites for hydroxylation is 1. The first-order chi connectivity index (χ1) is 14.0. The number of β-amino-alcohol motifs (C(OH)–C–C–N with tert-alkyl or cyclic N) is 1. The molecule has 1 atom stereocenters. The summed E-state index contributed by atoms with van der Waals surface area (Å²) in [6, 6.07) is 11.7. The number of aromatic nitrogens is 5. The Kier molecular flexibility index (Phi) is 4.22. The van der Waals surface area contributed by atoms with Gasteiger partial charge in [0.2, 0.25) is 0 Å². The Morgan fingerprint density at radius 2 is 2.03 bits per heavy atom. The zero-order valence-corrected chi connectivity index (χ0v) is 16.6. The largest absolute Gasteiger partial charge is 0.382 e. The molecule has 146 valence electrons. The minimum absolute atomic E-state index is 0.403. The van der Waals surface area contributed by atoms with E-state index in [9.17, 15) is 5.11 Å². The standard InChI is InChI=1S/C21H19ClN6O/c1-27-17-5-3-2-4-16(17)26-20(27)14-10-19(24-11-15(14)22)28-9-7-21(29,12-28)18-6-8-23-13-25-18/h2-6,8,10-11,13,29H,7,9,12H2,1H3. The molecule has 1 aliphatic rings.